The highest BCUT2D eigenvalue weighted by Crippen LogP contribution is 2.32. The molecule has 1 amide bonds. The Bertz CT molecular complexity index is 771. The molecule has 1 aliphatic heterocycles. The second-order valence-corrected chi connectivity index (χ2v) is 5.29. The second kappa shape index (κ2) is 5.82. The highest BCUT2D eigenvalue weighted by atomic mass is 32.1. The predicted octanol–water partition coefficient (Wildman–Crippen LogP) is 2.15. The lowest BCUT2D eigenvalue weighted by molar-refractivity contribution is -0.380. The van der Waals surface area contributed by atoms with Gasteiger partial charge in [-0.1, -0.05) is 11.3 Å². The van der Waals surface area contributed by atoms with Crippen molar-refractivity contribution in [2.45, 2.75) is 0 Å². The standard InChI is InChI=1S/C13H9N3O5S/c17-13(8-1-3-10-11(5-8)21-7-20-10)15-14-6-9-2-4-12(22-9)16(18)19/h1-6H,7H2,(H,15,17). The van der Waals surface area contributed by atoms with E-state index < -0.39 is 10.8 Å². The summed E-state index contributed by atoms with van der Waals surface area (Å²) >= 11 is 0.969. The van der Waals surface area contributed by atoms with E-state index in [1.807, 2.05) is 0 Å². The van der Waals surface area contributed by atoms with Crippen LogP contribution < -0.4 is 14.9 Å². The van der Waals surface area contributed by atoms with Gasteiger partial charge in [-0.15, -0.1) is 0 Å². The van der Waals surface area contributed by atoms with E-state index >= 15 is 0 Å². The molecule has 1 aromatic heterocycles. The van der Waals surface area contributed by atoms with Crippen LogP contribution in [0.4, 0.5) is 5.00 Å². The lowest BCUT2D eigenvalue weighted by Crippen LogP contribution is -2.17. The van der Waals surface area contributed by atoms with Gasteiger partial charge in [-0.2, -0.15) is 5.10 Å². The smallest absolute Gasteiger partial charge is 0.324 e. The Morgan fingerprint density at radius 2 is 2.14 bits per heavy atom. The van der Waals surface area contributed by atoms with Gasteiger partial charge in [0.25, 0.3) is 5.91 Å². The summed E-state index contributed by atoms with van der Waals surface area (Å²) in [6.45, 7) is 0.135. The molecule has 2 heterocycles. The topological polar surface area (TPSA) is 103 Å². The average Bonchev–Trinajstić information content (AvgIpc) is 3.15. The van der Waals surface area contributed by atoms with Gasteiger partial charge in [-0.05, 0) is 24.3 Å². The van der Waals surface area contributed by atoms with Gasteiger partial charge >= 0.3 is 5.00 Å². The first kappa shape index (κ1) is 14.0. The molecule has 22 heavy (non-hydrogen) atoms. The molecule has 0 bridgehead atoms. The van der Waals surface area contributed by atoms with Crippen LogP contribution in [-0.2, 0) is 0 Å². The van der Waals surface area contributed by atoms with Crippen molar-refractivity contribution in [1.29, 1.82) is 0 Å². The summed E-state index contributed by atoms with van der Waals surface area (Å²) < 4.78 is 10.3. The van der Waals surface area contributed by atoms with Crippen LogP contribution in [0.2, 0.25) is 0 Å². The van der Waals surface area contributed by atoms with Gasteiger partial charge in [0.05, 0.1) is 16.0 Å². The highest BCUT2D eigenvalue weighted by molar-refractivity contribution is 7.16. The number of carbonyl (C=O) groups excluding carboxylic acids is 1. The molecule has 0 radical (unpaired) electrons. The van der Waals surface area contributed by atoms with Crippen LogP contribution in [0.5, 0.6) is 11.5 Å². The van der Waals surface area contributed by atoms with E-state index in [4.69, 9.17) is 9.47 Å². The van der Waals surface area contributed by atoms with Crippen LogP contribution in [0.3, 0.4) is 0 Å². The van der Waals surface area contributed by atoms with Crippen LogP contribution in [-0.4, -0.2) is 23.8 Å². The maximum Gasteiger partial charge on any atom is 0.324 e. The van der Waals surface area contributed by atoms with E-state index in [2.05, 4.69) is 10.5 Å². The summed E-state index contributed by atoms with van der Waals surface area (Å²) in [5.74, 6) is 0.678. The van der Waals surface area contributed by atoms with Gasteiger partial charge in [-0.25, -0.2) is 5.43 Å². The minimum Gasteiger partial charge on any atom is -0.454 e. The van der Waals surface area contributed by atoms with Gasteiger partial charge in [0.15, 0.2) is 11.5 Å². The van der Waals surface area contributed by atoms with Crippen molar-refractivity contribution in [2.75, 3.05) is 6.79 Å². The minimum absolute atomic E-state index is 0.0172. The number of hydrogen-bond donors (Lipinski definition) is 1. The monoisotopic (exact) mass is 319 g/mol. The highest BCUT2D eigenvalue weighted by Gasteiger charge is 2.16. The lowest BCUT2D eigenvalue weighted by Gasteiger charge is -2.01. The fraction of sp³-hybridized carbons (Fsp3) is 0.0769. The zero-order chi connectivity index (χ0) is 15.5. The quantitative estimate of drug-likeness (QED) is 0.528. The zero-order valence-corrected chi connectivity index (χ0v) is 11.8. The molecule has 0 fully saturated rings. The van der Waals surface area contributed by atoms with Crippen LogP contribution in [0.1, 0.15) is 15.2 Å². The molecule has 1 N–H and O–H groups in total. The van der Waals surface area contributed by atoms with Crippen molar-refractivity contribution in [3.8, 4) is 11.5 Å². The van der Waals surface area contributed by atoms with Crippen molar-refractivity contribution < 1.29 is 19.2 Å². The molecule has 112 valence electrons. The molecule has 0 atom stereocenters. The van der Waals surface area contributed by atoms with E-state index in [9.17, 15) is 14.9 Å². The number of nitro groups is 1. The summed E-state index contributed by atoms with van der Waals surface area (Å²) in [6.07, 6.45) is 1.35. The lowest BCUT2D eigenvalue weighted by atomic mass is 10.2. The first-order chi connectivity index (χ1) is 10.6. The van der Waals surface area contributed by atoms with E-state index in [-0.39, 0.29) is 11.8 Å². The third-order valence-corrected chi connectivity index (χ3v) is 3.76. The first-order valence-electron chi connectivity index (χ1n) is 6.11. The number of ether oxygens (including phenoxy) is 2. The van der Waals surface area contributed by atoms with Crippen LogP contribution in [0.15, 0.2) is 35.4 Å². The molecule has 3 rings (SSSR count). The van der Waals surface area contributed by atoms with E-state index in [0.717, 1.165) is 11.3 Å². The second-order valence-electron chi connectivity index (χ2n) is 4.20. The van der Waals surface area contributed by atoms with Crippen molar-refractivity contribution in [1.82, 2.24) is 5.43 Å². The predicted molar refractivity (Wildman–Crippen MR) is 78.6 cm³/mol. The Morgan fingerprint density at radius 1 is 1.32 bits per heavy atom. The molecule has 0 spiro atoms. The summed E-state index contributed by atoms with van der Waals surface area (Å²) in [7, 11) is 0. The molecule has 0 unspecified atom stereocenters. The molecule has 0 saturated carbocycles. The fourth-order valence-electron chi connectivity index (χ4n) is 1.77. The number of amides is 1. The normalized spacial score (nSPS) is 12.5. The summed E-state index contributed by atoms with van der Waals surface area (Å²) in [5.41, 5.74) is 2.72. The maximum atomic E-state index is 11.9. The third-order valence-electron chi connectivity index (χ3n) is 2.79. The molecule has 8 nitrogen and oxygen atoms in total. The Hall–Kier alpha value is -2.94. The first-order valence-corrected chi connectivity index (χ1v) is 6.92. The SMILES string of the molecule is O=C(NN=Cc1ccc([N+](=O)[O-])s1)c1ccc2c(c1)OCO2. The Balaban J connectivity index is 1.64. The molecular formula is C13H9N3O5S. The number of fused-ring (bicyclic) bond motifs is 1. The van der Waals surface area contributed by atoms with Gasteiger partial charge in [0, 0.05) is 11.6 Å². The van der Waals surface area contributed by atoms with Crippen LogP contribution >= 0.6 is 11.3 Å². The molecule has 0 aliphatic carbocycles. The number of hydrogen-bond acceptors (Lipinski definition) is 7. The van der Waals surface area contributed by atoms with Crippen LogP contribution in [0, 0.1) is 10.1 Å². The summed E-state index contributed by atoms with van der Waals surface area (Å²) in [5, 5.41) is 14.3. The molecular weight excluding hydrogens is 310 g/mol. The minimum atomic E-state index is -0.479. The molecule has 1 aliphatic rings. The molecule has 2 aromatic rings. The molecule has 1 aromatic carbocycles. The molecule has 0 saturated heterocycles. The van der Waals surface area contributed by atoms with E-state index in [0.29, 0.717) is 21.9 Å². The zero-order valence-electron chi connectivity index (χ0n) is 11.0. The fourth-order valence-corrected chi connectivity index (χ4v) is 2.46. The molecule has 9 heteroatoms. The van der Waals surface area contributed by atoms with E-state index in [1.54, 1.807) is 24.3 Å². The number of thiophene rings is 1. The van der Waals surface area contributed by atoms with E-state index in [1.165, 1.54) is 12.3 Å². The largest absolute Gasteiger partial charge is 0.454 e. The number of hydrazone groups is 1. The Morgan fingerprint density at radius 3 is 2.91 bits per heavy atom. The number of rotatable bonds is 4. The van der Waals surface area contributed by atoms with Crippen molar-refractivity contribution in [3.63, 3.8) is 0 Å². The number of carbonyl (C=O) groups is 1. The Labute approximate surface area is 128 Å². The number of nitrogens with zero attached hydrogens (tertiary/aromatic N) is 2. The Kier molecular flexibility index (Phi) is 3.71. The van der Waals surface area contributed by atoms with Crippen molar-refractivity contribution in [3.05, 3.63) is 50.9 Å². The van der Waals surface area contributed by atoms with Crippen molar-refractivity contribution in [2.24, 2.45) is 5.10 Å². The van der Waals surface area contributed by atoms with Crippen LogP contribution in [0.25, 0.3) is 0 Å². The third kappa shape index (κ3) is 2.88. The summed E-state index contributed by atoms with van der Waals surface area (Å²) in [4.78, 5) is 22.6. The van der Waals surface area contributed by atoms with Gasteiger partial charge in [-0.3, -0.25) is 14.9 Å². The maximum absolute atomic E-state index is 11.9. The average molecular weight is 319 g/mol. The van der Waals surface area contributed by atoms with Gasteiger partial charge in [0.2, 0.25) is 6.79 Å². The van der Waals surface area contributed by atoms with Gasteiger partial charge < -0.3 is 9.47 Å². The van der Waals surface area contributed by atoms with Crippen molar-refractivity contribution >= 4 is 28.5 Å². The number of benzene rings is 1. The van der Waals surface area contributed by atoms with Gasteiger partial charge in [0.1, 0.15) is 0 Å². The summed E-state index contributed by atoms with van der Waals surface area (Å²) in [6, 6.07) is 7.73. The number of nitrogens with one attached hydrogen (secondary N) is 1.